The molecule has 0 aromatic heterocycles. The van der Waals surface area contributed by atoms with E-state index in [1.165, 1.54) is 12.1 Å². The Hall–Kier alpha value is -6.74. The lowest BCUT2D eigenvalue weighted by Gasteiger charge is -2.12. The van der Waals surface area contributed by atoms with Gasteiger partial charge in [-0.3, -0.25) is 0 Å². The van der Waals surface area contributed by atoms with E-state index in [2.05, 4.69) is 14.5 Å². The predicted octanol–water partition coefficient (Wildman–Crippen LogP) is 6.13. The van der Waals surface area contributed by atoms with Crippen molar-refractivity contribution in [2.24, 2.45) is 0 Å². The Labute approximate surface area is 252 Å². The predicted molar refractivity (Wildman–Crippen MR) is 140 cm³/mol. The molecule has 0 spiro atoms. The van der Waals surface area contributed by atoms with E-state index in [-0.39, 0.29) is 21.6 Å². The highest BCUT2D eigenvalue weighted by Gasteiger charge is 2.37. The molecular formula is C32H6F8N6. The highest BCUT2D eigenvalue weighted by molar-refractivity contribution is 5.89. The molecule has 0 saturated heterocycles. The van der Waals surface area contributed by atoms with E-state index in [4.69, 9.17) is 25.0 Å². The molecule has 0 heterocycles. The summed E-state index contributed by atoms with van der Waals surface area (Å²) in [6.07, 6.45) is -1.06. The van der Waals surface area contributed by atoms with Gasteiger partial charge in [-0.25, -0.2) is 40.0 Å². The Kier molecular flexibility index (Phi) is 7.39. The molecule has 0 bridgehead atoms. The third-order valence-corrected chi connectivity index (χ3v) is 7.44. The minimum Gasteiger partial charge on any atom is -0.232 e. The fraction of sp³-hybridized carbons (Fsp3) is 0.0625. The Balaban J connectivity index is 2.03. The first-order valence-electron chi connectivity index (χ1n) is 12.3. The van der Waals surface area contributed by atoms with Crippen LogP contribution in [0.3, 0.4) is 0 Å². The molecule has 14 heteroatoms. The zero-order valence-corrected chi connectivity index (χ0v) is 22.3. The van der Waals surface area contributed by atoms with Crippen LogP contribution in [0.5, 0.6) is 0 Å². The Morgan fingerprint density at radius 3 is 1.41 bits per heavy atom. The van der Waals surface area contributed by atoms with Crippen LogP contribution in [0.15, 0.2) is 34.7 Å². The van der Waals surface area contributed by atoms with Gasteiger partial charge in [-0.2, -0.15) is 25.5 Å². The van der Waals surface area contributed by atoms with Gasteiger partial charge in [0.25, 0.3) is 5.69 Å². The summed E-state index contributed by atoms with van der Waals surface area (Å²) in [5.74, 6) is -17.1. The molecule has 6 nitrogen and oxygen atoms in total. The lowest BCUT2D eigenvalue weighted by molar-refractivity contribution is 0.446. The summed E-state index contributed by atoms with van der Waals surface area (Å²) in [6.45, 7) is 21.6. The fourth-order valence-corrected chi connectivity index (χ4v) is 5.51. The SMILES string of the molecule is [C-]#[N+]C([N+]#[C-])=C1Cc2cc3c(cc2=C1c1c(F)c(F)c([N+]#[C-])c(F)c1F)CC(=C(C#N)C#N)C=3c1c(F)c(F)c(C#N)c(F)c1F. The number of allylic oxidation sites excluding steroid dienone is 3. The van der Waals surface area contributed by atoms with Crippen LogP contribution in [0.4, 0.5) is 40.8 Å². The van der Waals surface area contributed by atoms with Crippen LogP contribution >= 0.6 is 0 Å². The van der Waals surface area contributed by atoms with Gasteiger partial charge in [0, 0.05) is 12.0 Å². The largest absolute Gasteiger partial charge is 0.523 e. The lowest BCUT2D eigenvalue weighted by atomic mass is 9.93. The van der Waals surface area contributed by atoms with Crippen molar-refractivity contribution in [2.45, 2.75) is 12.8 Å². The number of hydrogen-bond acceptors (Lipinski definition) is 3. The van der Waals surface area contributed by atoms with E-state index < -0.39 is 115 Å². The van der Waals surface area contributed by atoms with Gasteiger partial charge in [0.2, 0.25) is 0 Å². The molecule has 2 aliphatic carbocycles. The van der Waals surface area contributed by atoms with Crippen molar-refractivity contribution >= 4 is 16.8 Å². The van der Waals surface area contributed by atoms with Crippen molar-refractivity contribution in [1.29, 1.82) is 15.8 Å². The molecule has 5 rings (SSSR count). The maximum Gasteiger partial charge on any atom is 0.523 e. The van der Waals surface area contributed by atoms with Crippen molar-refractivity contribution in [2.75, 3.05) is 0 Å². The Bertz CT molecular complexity index is 2210. The quantitative estimate of drug-likeness (QED) is 0.149. The molecule has 0 amide bonds. The molecule has 3 aromatic carbocycles. The van der Waals surface area contributed by atoms with Gasteiger partial charge in [-0.15, -0.1) is 0 Å². The van der Waals surface area contributed by atoms with Gasteiger partial charge in [0.15, 0.2) is 46.5 Å². The zero-order valence-electron chi connectivity index (χ0n) is 22.3. The number of rotatable bonds is 2. The second kappa shape index (κ2) is 11.1. The number of nitrogens with zero attached hydrogens (tertiary/aromatic N) is 6. The lowest BCUT2D eigenvalue weighted by Crippen LogP contribution is -2.19. The first-order valence-corrected chi connectivity index (χ1v) is 12.3. The summed E-state index contributed by atoms with van der Waals surface area (Å²) in [5.41, 5.74) is -8.89. The van der Waals surface area contributed by atoms with Gasteiger partial charge in [0.1, 0.15) is 42.5 Å². The molecule has 220 valence electrons. The van der Waals surface area contributed by atoms with Crippen molar-refractivity contribution in [3.05, 3.63) is 154 Å². The van der Waals surface area contributed by atoms with Crippen LogP contribution in [-0.4, -0.2) is 0 Å². The second-order valence-electron chi connectivity index (χ2n) is 9.58. The molecule has 0 N–H and O–H groups in total. The standard InChI is InChI=1S/C32H6F8N6/c1-44-31-29(39)27(37)22(28(38)30(31)40)20-15-4-11-6-16(13(8-41)9-42)19(14(11)5-12(15)7-17(20)32(45-2)46-3)21-25(35)23(33)18(10-43)24(34)26(21)36/h4-5H,6-7H2. The first-order chi connectivity index (χ1) is 21.9. The smallest absolute Gasteiger partial charge is 0.232 e. The number of benzene rings is 3. The second-order valence-corrected chi connectivity index (χ2v) is 9.58. The fourth-order valence-electron chi connectivity index (χ4n) is 5.51. The van der Waals surface area contributed by atoms with E-state index in [0.29, 0.717) is 0 Å². The Morgan fingerprint density at radius 2 is 1.02 bits per heavy atom. The third kappa shape index (κ3) is 4.10. The number of nitriles is 3. The molecule has 0 saturated carbocycles. The highest BCUT2D eigenvalue weighted by atomic mass is 19.2. The van der Waals surface area contributed by atoms with Gasteiger partial charge in [0.05, 0.1) is 23.3 Å². The number of hydrogen-bond donors (Lipinski definition) is 0. The maximum absolute atomic E-state index is 15.3. The van der Waals surface area contributed by atoms with Crippen LogP contribution in [0.1, 0.15) is 27.8 Å². The van der Waals surface area contributed by atoms with Gasteiger partial charge in [-0.05, 0) is 51.3 Å². The minimum atomic E-state index is -2.06. The topological polar surface area (TPSA) is 84.5 Å². The molecule has 3 aromatic rings. The molecule has 0 aliphatic heterocycles. The van der Waals surface area contributed by atoms with Crippen LogP contribution in [0, 0.1) is 100 Å². The molecule has 0 unspecified atom stereocenters. The molecule has 0 atom stereocenters. The van der Waals surface area contributed by atoms with Crippen molar-refractivity contribution in [3.8, 4) is 18.2 Å². The zero-order chi connectivity index (χ0) is 33.8. The van der Waals surface area contributed by atoms with Crippen molar-refractivity contribution in [1.82, 2.24) is 0 Å². The first kappa shape index (κ1) is 30.7. The summed E-state index contributed by atoms with van der Waals surface area (Å²) in [6, 6.07) is 6.22. The van der Waals surface area contributed by atoms with Gasteiger partial charge < -0.3 is 0 Å². The summed E-state index contributed by atoms with van der Waals surface area (Å²) >= 11 is 0. The Morgan fingerprint density at radius 1 is 0.609 bits per heavy atom. The number of fused-ring (bicyclic) bond motifs is 2. The van der Waals surface area contributed by atoms with E-state index >= 15 is 17.6 Å². The van der Waals surface area contributed by atoms with Gasteiger partial charge in [-0.1, -0.05) is 0 Å². The summed E-state index contributed by atoms with van der Waals surface area (Å²) < 4.78 is 120. The average Bonchev–Trinajstić information content (AvgIpc) is 3.58. The maximum atomic E-state index is 15.3. The summed E-state index contributed by atoms with van der Waals surface area (Å²) in [7, 11) is 0. The molecule has 2 aliphatic rings. The molecular weight excluding hydrogens is 620 g/mol. The van der Waals surface area contributed by atoms with E-state index in [1.807, 2.05) is 0 Å². The normalized spacial score (nSPS) is 12.7. The van der Waals surface area contributed by atoms with E-state index in [1.54, 1.807) is 0 Å². The third-order valence-electron chi connectivity index (χ3n) is 7.44. The monoisotopic (exact) mass is 626 g/mol. The summed E-state index contributed by atoms with van der Waals surface area (Å²) in [5, 5.41) is 27.7. The average molecular weight is 626 g/mol. The highest BCUT2D eigenvalue weighted by Crippen LogP contribution is 2.41. The van der Waals surface area contributed by atoms with Crippen LogP contribution in [0.25, 0.3) is 25.7 Å². The molecule has 46 heavy (non-hydrogen) atoms. The van der Waals surface area contributed by atoms with E-state index in [0.717, 1.165) is 18.2 Å². The van der Waals surface area contributed by atoms with Crippen molar-refractivity contribution in [3.63, 3.8) is 0 Å². The molecule has 0 fully saturated rings. The number of halogens is 8. The summed E-state index contributed by atoms with van der Waals surface area (Å²) in [4.78, 5) is 8.51. The van der Waals surface area contributed by atoms with Gasteiger partial charge >= 0.3 is 5.82 Å². The van der Waals surface area contributed by atoms with Crippen LogP contribution in [-0.2, 0) is 12.8 Å². The minimum absolute atomic E-state index is 0.0490. The van der Waals surface area contributed by atoms with Crippen molar-refractivity contribution < 1.29 is 35.1 Å². The molecule has 0 radical (unpaired) electrons. The van der Waals surface area contributed by atoms with Crippen LogP contribution in [0.2, 0.25) is 0 Å². The van der Waals surface area contributed by atoms with E-state index in [9.17, 15) is 28.1 Å². The van der Waals surface area contributed by atoms with Crippen LogP contribution < -0.4 is 10.4 Å².